The van der Waals surface area contributed by atoms with Crippen LogP contribution in [-0.2, 0) is 9.59 Å². The molecule has 1 aliphatic carbocycles. The largest absolute Gasteiger partial charge is 0.330 e. The SMILES string of the molecule is NCCC1=CC=CC(=O)C1=O. The molecule has 0 aromatic carbocycles. The molecular weight excluding hydrogens is 142 g/mol. The Labute approximate surface area is 64.6 Å². The molecule has 1 aliphatic rings. The maximum absolute atomic E-state index is 11.0. The van der Waals surface area contributed by atoms with E-state index in [1.165, 1.54) is 6.08 Å². The molecule has 0 bridgehead atoms. The van der Waals surface area contributed by atoms with Gasteiger partial charge in [0.05, 0.1) is 0 Å². The molecule has 0 saturated carbocycles. The molecule has 0 aromatic heterocycles. The zero-order chi connectivity index (χ0) is 8.27. The van der Waals surface area contributed by atoms with Crippen molar-refractivity contribution in [1.82, 2.24) is 0 Å². The van der Waals surface area contributed by atoms with Gasteiger partial charge in [0.2, 0.25) is 11.6 Å². The fourth-order valence-corrected chi connectivity index (χ4v) is 0.914. The van der Waals surface area contributed by atoms with Gasteiger partial charge in [0.25, 0.3) is 0 Å². The minimum atomic E-state index is -0.448. The summed E-state index contributed by atoms with van der Waals surface area (Å²) in [6, 6.07) is 0. The lowest BCUT2D eigenvalue weighted by Crippen LogP contribution is -2.18. The van der Waals surface area contributed by atoms with Crippen LogP contribution in [0.5, 0.6) is 0 Å². The second-order valence-corrected chi connectivity index (χ2v) is 2.28. The number of hydrogen-bond donors (Lipinski definition) is 1. The quantitative estimate of drug-likeness (QED) is 0.445. The number of rotatable bonds is 2. The number of allylic oxidation sites excluding steroid dienone is 3. The van der Waals surface area contributed by atoms with Gasteiger partial charge in [0.1, 0.15) is 0 Å². The molecule has 0 aromatic rings. The molecule has 0 spiro atoms. The van der Waals surface area contributed by atoms with Crippen LogP contribution in [0.1, 0.15) is 6.42 Å². The maximum Gasteiger partial charge on any atom is 0.228 e. The number of carbonyl (C=O) groups is 2. The smallest absolute Gasteiger partial charge is 0.228 e. The van der Waals surface area contributed by atoms with E-state index in [4.69, 9.17) is 5.73 Å². The molecule has 0 unspecified atom stereocenters. The van der Waals surface area contributed by atoms with Crippen LogP contribution in [0.3, 0.4) is 0 Å². The van der Waals surface area contributed by atoms with Crippen molar-refractivity contribution in [3.63, 3.8) is 0 Å². The van der Waals surface area contributed by atoms with Gasteiger partial charge < -0.3 is 5.73 Å². The average Bonchev–Trinajstić information content (AvgIpc) is 1.99. The maximum atomic E-state index is 11.0. The summed E-state index contributed by atoms with van der Waals surface area (Å²) in [5, 5.41) is 0. The van der Waals surface area contributed by atoms with Gasteiger partial charge in [-0.1, -0.05) is 12.2 Å². The highest BCUT2D eigenvalue weighted by Crippen LogP contribution is 2.07. The van der Waals surface area contributed by atoms with Gasteiger partial charge in [0.15, 0.2) is 0 Å². The van der Waals surface area contributed by atoms with Gasteiger partial charge in [-0.2, -0.15) is 0 Å². The molecule has 2 N–H and O–H groups in total. The number of nitrogens with two attached hydrogens (primary N) is 1. The van der Waals surface area contributed by atoms with Gasteiger partial charge in [-0.3, -0.25) is 9.59 Å². The third-order valence-electron chi connectivity index (χ3n) is 1.47. The van der Waals surface area contributed by atoms with Gasteiger partial charge in [0, 0.05) is 5.57 Å². The van der Waals surface area contributed by atoms with E-state index in [2.05, 4.69) is 0 Å². The van der Waals surface area contributed by atoms with E-state index >= 15 is 0 Å². The van der Waals surface area contributed by atoms with Crippen molar-refractivity contribution in [1.29, 1.82) is 0 Å². The number of hydrogen-bond acceptors (Lipinski definition) is 3. The van der Waals surface area contributed by atoms with E-state index in [1.807, 2.05) is 0 Å². The van der Waals surface area contributed by atoms with E-state index < -0.39 is 11.6 Å². The van der Waals surface area contributed by atoms with Crippen molar-refractivity contribution in [3.8, 4) is 0 Å². The van der Waals surface area contributed by atoms with Crippen LogP contribution in [0.2, 0.25) is 0 Å². The number of ketones is 2. The van der Waals surface area contributed by atoms with Crippen molar-refractivity contribution in [2.45, 2.75) is 6.42 Å². The van der Waals surface area contributed by atoms with Crippen molar-refractivity contribution in [3.05, 3.63) is 23.8 Å². The molecule has 0 aliphatic heterocycles. The predicted octanol–water partition coefficient (Wildman–Crippen LogP) is -0.0304. The Balaban J connectivity index is 2.78. The molecule has 3 nitrogen and oxygen atoms in total. The lowest BCUT2D eigenvalue weighted by atomic mass is 10.00. The first-order valence-corrected chi connectivity index (χ1v) is 3.41. The molecule has 0 heterocycles. The first kappa shape index (κ1) is 7.88. The summed E-state index contributed by atoms with van der Waals surface area (Å²) in [6.07, 6.45) is 4.96. The lowest BCUT2D eigenvalue weighted by Gasteiger charge is -2.03. The Morgan fingerprint density at radius 2 is 2.09 bits per heavy atom. The molecular formula is C8H9NO2. The highest BCUT2D eigenvalue weighted by atomic mass is 16.2. The Bertz CT molecular complexity index is 251. The van der Waals surface area contributed by atoms with E-state index in [0.717, 1.165) is 0 Å². The van der Waals surface area contributed by atoms with Crippen LogP contribution in [0.4, 0.5) is 0 Å². The molecule has 0 fully saturated rings. The predicted molar refractivity (Wildman–Crippen MR) is 40.9 cm³/mol. The zero-order valence-electron chi connectivity index (χ0n) is 6.04. The van der Waals surface area contributed by atoms with Crippen LogP contribution in [0, 0.1) is 0 Å². The number of carbonyl (C=O) groups excluding carboxylic acids is 2. The zero-order valence-corrected chi connectivity index (χ0v) is 6.04. The summed E-state index contributed by atoms with van der Waals surface area (Å²) in [6.45, 7) is 0.401. The molecule has 1 rings (SSSR count). The van der Waals surface area contributed by atoms with Crippen LogP contribution >= 0.6 is 0 Å². The second-order valence-electron chi connectivity index (χ2n) is 2.28. The van der Waals surface area contributed by atoms with E-state index in [-0.39, 0.29) is 0 Å². The minimum Gasteiger partial charge on any atom is -0.330 e. The standard InChI is InChI=1S/C8H9NO2/c9-5-4-6-2-1-3-7(10)8(6)11/h1-3H,4-5,9H2. The summed E-state index contributed by atoms with van der Waals surface area (Å²) in [4.78, 5) is 21.8. The second kappa shape index (κ2) is 3.25. The van der Waals surface area contributed by atoms with E-state index in [1.54, 1.807) is 12.2 Å². The van der Waals surface area contributed by atoms with E-state index in [0.29, 0.717) is 18.5 Å². The Morgan fingerprint density at radius 1 is 1.36 bits per heavy atom. The van der Waals surface area contributed by atoms with Gasteiger partial charge >= 0.3 is 0 Å². The summed E-state index contributed by atoms with van der Waals surface area (Å²) < 4.78 is 0. The topological polar surface area (TPSA) is 60.2 Å². The molecule has 0 radical (unpaired) electrons. The highest BCUT2D eigenvalue weighted by Gasteiger charge is 2.17. The minimum absolute atomic E-state index is 0.401. The summed E-state index contributed by atoms with van der Waals surface area (Å²) in [7, 11) is 0. The first-order chi connectivity index (χ1) is 5.25. The Kier molecular flexibility index (Phi) is 2.33. The Morgan fingerprint density at radius 3 is 2.73 bits per heavy atom. The van der Waals surface area contributed by atoms with Gasteiger partial charge in [-0.15, -0.1) is 0 Å². The monoisotopic (exact) mass is 151 g/mol. The average molecular weight is 151 g/mol. The third-order valence-corrected chi connectivity index (χ3v) is 1.47. The van der Waals surface area contributed by atoms with Gasteiger partial charge in [-0.25, -0.2) is 0 Å². The molecule has 3 heteroatoms. The van der Waals surface area contributed by atoms with Gasteiger partial charge in [-0.05, 0) is 19.0 Å². The summed E-state index contributed by atoms with van der Waals surface area (Å²) in [5.41, 5.74) is 5.75. The van der Waals surface area contributed by atoms with Crippen LogP contribution < -0.4 is 5.73 Å². The third kappa shape index (κ3) is 1.62. The lowest BCUT2D eigenvalue weighted by molar-refractivity contribution is -0.131. The molecule has 0 amide bonds. The summed E-state index contributed by atoms with van der Waals surface area (Å²) in [5.74, 6) is -0.867. The fraction of sp³-hybridized carbons (Fsp3) is 0.250. The fourth-order valence-electron chi connectivity index (χ4n) is 0.914. The molecule has 11 heavy (non-hydrogen) atoms. The normalized spacial score (nSPS) is 17.0. The first-order valence-electron chi connectivity index (χ1n) is 3.41. The van der Waals surface area contributed by atoms with E-state index in [9.17, 15) is 9.59 Å². The van der Waals surface area contributed by atoms with Crippen LogP contribution in [-0.4, -0.2) is 18.1 Å². The van der Waals surface area contributed by atoms with Crippen molar-refractivity contribution in [2.24, 2.45) is 5.73 Å². The van der Waals surface area contributed by atoms with Crippen molar-refractivity contribution < 1.29 is 9.59 Å². The Hall–Kier alpha value is -1.22. The molecule has 58 valence electrons. The van der Waals surface area contributed by atoms with Crippen molar-refractivity contribution in [2.75, 3.05) is 6.54 Å². The van der Waals surface area contributed by atoms with Crippen LogP contribution in [0.25, 0.3) is 0 Å². The number of Topliss-reactive ketones (excluding diaryl/α,β-unsaturated/α-hetero) is 1. The van der Waals surface area contributed by atoms with Crippen molar-refractivity contribution >= 4 is 11.6 Å². The summed E-state index contributed by atoms with van der Waals surface area (Å²) >= 11 is 0. The molecule has 0 saturated heterocycles. The highest BCUT2D eigenvalue weighted by molar-refractivity contribution is 6.48. The van der Waals surface area contributed by atoms with Crippen LogP contribution in [0.15, 0.2) is 23.8 Å². The molecule has 0 atom stereocenters.